The van der Waals surface area contributed by atoms with E-state index in [0.29, 0.717) is 0 Å². The Kier molecular flexibility index (Phi) is 7.12. The van der Waals surface area contributed by atoms with Crippen molar-refractivity contribution in [2.45, 2.75) is 77.2 Å². The summed E-state index contributed by atoms with van der Waals surface area (Å²) in [6.45, 7) is 3.55. The molecule has 0 unspecified atom stereocenters. The van der Waals surface area contributed by atoms with Gasteiger partial charge in [-0.3, -0.25) is 0 Å². The lowest BCUT2D eigenvalue weighted by molar-refractivity contribution is 0.387. The minimum Gasteiger partial charge on any atom is -0.314 e. The lowest BCUT2D eigenvalue weighted by atomic mass is 9.99. The maximum atomic E-state index is 3.70. The first-order valence-electron chi connectivity index (χ1n) is 6.67. The molecule has 0 radical (unpaired) electrons. The highest BCUT2D eigenvalue weighted by atomic mass is 14.9. The Hall–Kier alpha value is -0.0400. The average Bonchev–Trinajstić information content (AvgIpc) is 2.15. The highest BCUT2D eigenvalue weighted by Crippen LogP contribution is 2.14. The molecule has 1 N–H and O–H groups in total. The molecule has 1 rings (SSSR count). The molecule has 0 aliphatic carbocycles. The molecular formula is C13H27N. The summed E-state index contributed by atoms with van der Waals surface area (Å²) in [5.74, 6) is 0. The molecule has 1 heterocycles. The van der Waals surface area contributed by atoms with Gasteiger partial charge in [0, 0.05) is 6.04 Å². The van der Waals surface area contributed by atoms with E-state index < -0.39 is 0 Å². The Balaban J connectivity index is 2.02. The van der Waals surface area contributed by atoms with E-state index in [0.717, 1.165) is 6.04 Å². The van der Waals surface area contributed by atoms with Crippen LogP contribution in [0.4, 0.5) is 0 Å². The number of rotatable bonds is 5. The third kappa shape index (κ3) is 5.64. The molecule has 1 aliphatic rings. The monoisotopic (exact) mass is 197 g/mol. The lowest BCUT2D eigenvalue weighted by Gasteiger charge is -2.21. The van der Waals surface area contributed by atoms with E-state index in [1.165, 1.54) is 70.8 Å². The van der Waals surface area contributed by atoms with Crippen LogP contribution in [0.2, 0.25) is 0 Å². The van der Waals surface area contributed by atoms with Crippen molar-refractivity contribution in [1.82, 2.24) is 5.32 Å². The lowest BCUT2D eigenvalue weighted by Crippen LogP contribution is -2.31. The van der Waals surface area contributed by atoms with Crippen LogP contribution in [0.3, 0.4) is 0 Å². The molecule has 0 spiro atoms. The van der Waals surface area contributed by atoms with E-state index in [2.05, 4.69) is 12.2 Å². The Bertz CT molecular complexity index is 114. The first-order valence-corrected chi connectivity index (χ1v) is 6.67. The van der Waals surface area contributed by atoms with Gasteiger partial charge in [-0.25, -0.2) is 0 Å². The molecule has 84 valence electrons. The summed E-state index contributed by atoms with van der Waals surface area (Å²) >= 11 is 0. The van der Waals surface area contributed by atoms with E-state index in [1.807, 2.05) is 0 Å². The number of unbranched alkanes of at least 4 members (excludes halogenated alkanes) is 3. The zero-order chi connectivity index (χ0) is 10.1. The summed E-state index contributed by atoms with van der Waals surface area (Å²) in [4.78, 5) is 0. The second-order valence-electron chi connectivity index (χ2n) is 4.70. The van der Waals surface area contributed by atoms with Gasteiger partial charge in [-0.1, -0.05) is 51.9 Å². The Morgan fingerprint density at radius 3 is 2.71 bits per heavy atom. The van der Waals surface area contributed by atoms with Crippen LogP contribution >= 0.6 is 0 Å². The molecule has 1 nitrogen and oxygen atoms in total. The average molecular weight is 197 g/mol. The zero-order valence-electron chi connectivity index (χ0n) is 9.86. The first kappa shape index (κ1) is 12.0. The van der Waals surface area contributed by atoms with Crippen LogP contribution in [0.25, 0.3) is 0 Å². The van der Waals surface area contributed by atoms with Crippen molar-refractivity contribution in [3.8, 4) is 0 Å². The van der Waals surface area contributed by atoms with Crippen molar-refractivity contribution in [2.24, 2.45) is 0 Å². The molecule has 0 bridgehead atoms. The van der Waals surface area contributed by atoms with Gasteiger partial charge in [0.2, 0.25) is 0 Å². The largest absolute Gasteiger partial charge is 0.314 e. The minimum absolute atomic E-state index is 0.840. The van der Waals surface area contributed by atoms with Crippen molar-refractivity contribution < 1.29 is 0 Å². The summed E-state index contributed by atoms with van der Waals surface area (Å²) < 4.78 is 0. The van der Waals surface area contributed by atoms with E-state index in [-0.39, 0.29) is 0 Å². The van der Waals surface area contributed by atoms with E-state index in [4.69, 9.17) is 0 Å². The fourth-order valence-electron chi connectivity index (χ4n) is 2.34. The molecule has 0 aromatic heterocycles. The van der Waals surface area contributed by atoms with Crippen molar-refractivity contribution in [1.29, 1.82) is 0 Å². The topological polar surface area (TPSA) is 12.0 Å². The van der Waals surface area contributed by atoms with E-state index in [1.54, 1.807) is 0 Å². The second-order valence-corrected chi connectivity index (χ2v) is 4.70. The Labute approximate surface area is 89.7 Å². The van der Waals surface area contributed by atoms with Gasteiger partial charge in [0.15, 0.2) is 0 Å². The van der Waals surface area contributed by atoms with Crippen LogP contribution < -0.4 is 5.32 Å². The van der Waals surface area contributed by atoms with Crippen LogP contribution in [-0.4, -0.2) is 12.6 Å². The molecule has 1 saturated heterocycles. The minimum atomic E-state index is 0.840. The quantitative estimate of drug-likeness (QED) is 0.660. The number of hydrogen-bond donors (Lipinski definition) is 1. The van der Waals surface area contributed by atoms with Gasteiger partial charge in [0.05, 0.1) is 0 Å². The summed E-state index contributed by atoms with van der Waals surface area (Å²) in [5.41, 5.74) is 0. The highest BCUT2D eigenvalue weighted by Gasteiger charge is 2.09. The standard InChI is InChI=1S/C13H27N/c1-2-3-4-7-10-13-11-8-5-6-9-12-14-13/h13-14H,2-12H2,1H3/t13-/m0/s1. The third-order valence-corrected chi connectivity index (χ3v) is 3.32. The summed E-state index contributed by atoms with van der Waals surface area (Å²) in [6, 6.07) is 0.840. The summed E-state index contributed by atoms with van der Waals surface area (Å²) in [7, 11) is 0. The smallest absolute Gasteiger partial charge is 0.00670 e. The van der Waals surface area contributed by atoms with Gasteiger partial charge in [-0.15, -0.1) is 0 Å². The van der Waals surface area contributed by atoms with Gasteiger partial charge in [0.25, 0.3) is 0 Å². The van der Waals surface area contributed by atoms with Crippen molar-refractivity contribution in [3.05, 3.63) is 0 Å². The van der Waals surface area contributed by atoms with Gasteiger partial charge in [0.1, 0.15) is 0 Å². The maximum absolute atomic E-state index is 3.70. The first-order chi connectivity index (χ1) is 6.93. The zero-order valence-corrected chi connectivity index (χ0v) is 9.86. The summed E-state index contributed by atoms with van der Waals surface area (Å²) in [5, 5.41) is 3.70. The molecule has 1 fully saturated rings. The Morgan fingerprint density at radius 2 is 1.86 bits per heavy atom. The molecule has 1 aliphatic heterocycles. The van der Waals surface area contributed by atoms with Crippen LogP contribution in [0, 0.1) is 0 Å². The fourth-order valence-corrected chi connectivity index (χ4v) is 2.34. The highest BCUT2D eigenvalue weighted by molar-refractivity contribution is 4.69. The van der Waals surface area contributed by atoms with Gasteiger partial charge >= 0.3 is 0 Å². The van der Waals surface area contributed by atoms with E-state index >= 15 is 0 Å². The summed E-state index contributed by atoms with van der Waals surface area (Å²) in [6.07, 6.45) is 14.2. The third-order valence-electron chi connectivity index (χ3n) is 3.32. The predicted octanol–water partition coefficient (Wildman–Crippen LogP) is 3.88. The molecule has 0 aromatic rings. The molecule has 0 saturated carbocycles. The van der Waals surface area contributed by atoms with Crippen LogP contribution in [0.5, 0.6) is 0 Å². The molecule has 0 aromatic carbocycles. The Morgan fingerprint density at radius 1 is 1.00 bits per heavy atom. The SMILES string of the molecule is CCCCCC[C@H]1CCCCCCN1. The van der Waals surface area contributed by atoms with Gasteiger partial charge in [-0.05, 0) is 25.8 Å². The van der Waals surface area contributed by atoms with Gasteiger partial charge in [-0.2, -0.15) is 0 Å². The maximum Gasteiger partial charge on any atom is 0.00670 e. The molecule has 14 heavy (non-hydrogen) atoms. The van der Waals surface area contributed by atoms with Crippen molar-refractivity contribution >= 4 is 0 Å². The molecule has 1 atom stereocenters. The predicted molar refractivity (Wildman–Crippen MR) is 63.6 cm³/mol. The normalized spacial score (nSPS) is 24.2. The van der Waals surface area contributed by atoms with Crippen LogP contribution in [-0.2, 0) is 0 Å². The second kappa shape index (κ2) is 8.28. The van der Waals surface area contributed by atoms with Crippen molar-refractivity contribution in [3.63, 3.8) is 0 Å². The molecular weight excluding hydrogens is 170 g/mol. The van der Waals surface area contributed by atoms with Crippen molar-refractivity contribution in [2.75, 3.05) is 6.54 Å². The van der Waals surface area contributed by atoms with Crippen LogP contribution in [0.1, 0.15) is 71.1 Å². The number of nitrogens with one attached hydrogen (secondary N) is 1. The number of hydrogen-bond acceptors (Lipinski definition) is 1. The van der Waals surface area contributed by atoms with E-state index in [9.17, 15) is 0 Å². The fraction of sp³-hybridized carbons (Fsp3) is 1.00. The van der Waals surface area contributed by atoms with Crippen LogP contribution in [0.15, 0.2) is 0 Å². The van der Waals surface area contributed by atoms with Gasteiger partial charge < -0.3 is 5.32 Å². The molecule has 1 heteroatoms. The molecule has 0 amide bonds.